The smallest absolute Gasteiger partial charge is 0.307 e. The summed E-state index contributed by atoms with van der Waals surface area (Å²) < 4.78 is 6.52. The van der Waals surface area contributed by atoms with E-state index in [1.54, 1.807) is 17.8 Å². The molecular weight excluding hydrogens is 194 g/mol. The third kappa shape index (κ3) is 3.71. The molecular formula is C10H17N3O2. The van der Waals surface area contributed by atoms with E-state index in [0.29, 0.717) is 19.6 Å². The van der Waals surface area contributed by atoms with Crippen molar-refractivity contribution in [3.05, 3.63) is 18.0 Å². The molecule has 0 saturated carbocycles. The normalized spacial score (nSPS) is 12.5. The van der Waals surface area contributed by atoms with E-state index in [1.807, 2.05) is 13.1 Å². The Morgan fingerprint density at radius 3 is 3.00 bits per heavy atom. The number of ether oxygens (including phenoxy) is 1. The standard InChI is InChI=1S/C10H17N3O2/c1-3-15-10(14)4-5-13-7-9(6-12-13)8(2)11/h6-8H,3-5,11H2,1-2H3. The molecule has 0 aliphatic heterocycles. The van der Waals surface area contributed by atoms with Gasteiger partial charge >= 0.3 is 5.97 Å². The maximum absolute atomic E-state index is 11.1. The van der Waals surface area contributed by atoms with E-state index in [-0.39, 0.29) is 12.0 Å². The summed E-state index contributed by atoms with van der Waals surface area (Å²) in [6.45, 7) is 4.64. The first-order chi connectivity index (χ1) is 7.13. The Morgan fingerprint density at radius 2 is 2.47 bits per heavy atom. The molecule has 0 aromatic carbocycles. The molecule has 2 N–H and O–H groups in total. The lowest BCUT2D eigenvalue weighted by molar-refractivity contribution is -0.143. The van der Waals surface area contributed by atoms with Gasteiger partial charge in [-0.25, -0.2) is 0 Å². The van der Waals surface area contributed by atoms with Crippen LogP contribution in [0.4, 0.5) is 0 Å². The summed E-state index contributed by atoms with van der Waals surface area (Å²) in [5.74, 6) is -0.199. The quantitative estimate of drug-likeness (QED) is 0.733. The van der Waals surface area contributed by atoms with Gasteiger partial charge in [-0.05, 0) is 13.8 Å². The van der Waals surface area contributed by atoms with Crippen molar-refractivity contribution >= 4 is 5.97 Å². The summed E-state index contributed by atoms with van der Waals surface area (Å²) in [5, 5.41) is 4.10. The van der Waals surface area contributed by atoms with Crippen molar-refractivity contribution < 1.29 is 9.53 Å². The van der Waals surface area contributed by atoms with Gasteiger partial charge in [0.25, 0.3) is 0 Å². The van der Waals surface area contributed by atoms with Crippen molar-refractivity contribution in [2.75, 3.05) is 6.61 Å². The second-order valence-electron chi connectivity index (χ2n) is 3.38. The van der Waals surface area contributed by atoms with Crippen LogP contribution >= 0.6 is 0 Å². The molecule has 0 spiro atoms. The van der Waals surface area contributed by atoms with Crippen LogP contribution in [0.25, 0.3) is 0 Å². The van der Waals surface area contributed by atoms with E-state index < -0.39 is 0 Å². The minimum absolute atomic E-state index is 0.0265. The van der Waals surface area contributed by atoms with Crippen LogP contribution < -0.4 is 5.73 Å². The van der Waals surface area contributed by atoms with Crippen molar-refractivity contribution in [1.29, 1.82) is 0 Å². The van der Waals surface area contributed by atoms with E-state index in [2.05, 4.69) is 5.10 Å². The fourth-order valence-corrected chi connectivity index (χ4v) is 1.18. The van der Waals surface area contributed by atoms with Crippen LogP contribution in [0.3, 0.4) is 0 Å². The maximum atomic E-state index is 11.1. The van der Waals surface area contributed by atoms with Gasteiger partial charge in [0.1, 0.15) is 0 Å². The summed E-state index contributed by atoms with van der Waals surface area (Å²) in [4.78, 5) is 11.1. The van der Waals surface area contributed by atoms with Crippen LogP contribution in [0, 0.1) is 0 Å². The monoisotopic (exact) mass is 211 g/mol. The van der Waals surface area contributed by atoms with Crippen molar-refractivity contribution in [2.45, 2.75) is 32.9 Å². The van der Waals surface area contributed by atoms with Gasteiger partial charge in [-0.15, -0.1) is 0 Å². The van der Waals surface area contributed by atoms with Crippen LogP contribution in [0.1, 0.15) is 31.9 Å². The Hall–Kier alpha value is -1.36. The van der Waals surface area contributed by atoms with E-state index in [4.69, 9.17) is 10.5 Å². The molecule has 1 aromatic heterocycles. The van der Waals surface area contributed by atoms with Crippen LogP contribution in [-0.2, 0) is 16.1 Å². The second-order valence-corrected chi connectivity index (χ2v) is 3.38. The van der Waals surface area contributed by atoms with Gasteiger partial charge in [0, 0.05) is 17.8 Å². The highest BCUT2D eigenvalue weighted by molar-refractivity contribution is 5.69. The number of aryl methyl sites for hydroxylation is 1. The molecule has 1 unspecified atom stereocenters. The number of nitrogens with two attached hydrogens (primary N) is 1. The largest absolute Gasteiger partial charge is 0.466 e. The zero-order valence-electron chi connectivity index (χ0n) is 9.14. The van der Waals surface area contributed by atoms with Crippen LogP contribution in [0.2, 0.25) is 0 Å². The summed E-state index contributed by atoms with van der Waals surface area (Å²) in [7, 11) is 0. The minimum Gasteiger partial charge on any atom is -0.466 e. The third-order valence-electron chi connectivity index (χ3n) is 2.03. The van der Waals surface area contributed by atoms with Crippen LogP contribution in [-0.4, -0.2) is 22.4 Å². The molecule has 1 heterocycles. The highest BCUT2D eigenvalue weighted by atomic mass is 16.5. The van der Waals surface area contributed by atoms with Gasteiger partial charge < -0.3 is 10.5 Å². The van der Waals surface area contributed by atoms with Gasteiger partial charge in [-0.2, -0.15) is 5.10 Å². The number of esters is 1. The van der Waals surface area contributed by atoms with Crippen molar-refractivity contribution in [1.82, 2.24) is 9.78 Å². The van der Waals surface area contributed by atoms with Crippen molar-refractivity contribution in [2.24, 2.45) is 5.73 Å². The molecule has 0 fully saturated rings. The zero-order valence-corrected chi connectivity index (χ0v) is 9.14. The molecule has 15 heavy (non-hydrogen) atoms. The van der Waals surface area contributed by atoms with Gasteiger partial charge in [0.05, 0.1) is 25.8 Å². The third-order valence-corrected chi connectivity index (χ3v) is 2.03. The average Bonchev–Trinajstić information content (AvgIpc) is 2.63. The molecule has 5 nitrogen and oxygen atoms in total. The Balaban J connectivity index is 2.41. The summed E-state index contributed by atoms with van der Waals surface area (Å²) >= 11 is 0. The van der Waals surface area contributed by atoms with Crippen LogP contribution in [0.15, 0.2) is 12.4 Å². The summed E-state index contributed by atoms with van der Waals surface area (Å²) in [5.41, 5.74) is 6.66. The average molecular weight is 211 g/mol. The first-order valence-corrected chi connectivity index (χ1v) is 5.07. The number of carbonyl (C=O) groups is 1. The number of hydrogen-bond donors (Lipinski definition) is 1. The molecule has 84 valence electrons. The lowest BCUT2D eigenvalue weighted by Gasteiger charge is -2.02. The minimum atomic E-state index is -0.199. The predicted molar refractivity (Wildman–Crippen MR) is 56.1 cm³/mol. The first kappa shape index (κ1) is 11.7. The molecule has 0 bridgehead atoms. The molecule has 0 aliphatic rings. The fraction of sp³-hybridized carbons (Fsp3) is 0.600. The lowest BCUT2D eigenvalue weighted by atomic mass is 10.2. The van der Waals surface area contributed by atoms with Crippen LogP contribution in [0.5, 0.6) is 0 Å². The summed E-state index contributed by atoms with van der Waals surface area (Å²) in [6, 6.07) is -0.0265. The fourth-order valence-electron chi connectivity index (χ4n) is 1.18. The number of nitrogens with zero attached hydrogens (tertiary/aromatic N) is 2. The molecule has 0 amide bonds. The Morgan fingerprint density at radius 1 is 1.73 bits per heavy atom. The molecule has 0 aliphatic carbocycles. The Labute approximate surface area is 89.2 Å². The number of hydrogen-bond acceptors (Lipinski definition) is 4. The second kappa shape index (κ2) is 5.50. The number of carbonyl (C=O) groups excluding carboxylic acids is 1. The van der Waals surface area contributed by atoms with Gasteiger partial charge in [-0.3, -0.25) is 9.48 Å². The molecule has 0 radical (unpaired) electrons. The predicted octanol–water partition coefficient (Wildman–Crippen LogP) is 0.856. The van der Waals surface area contributed by atoms with Gasteiger partial charge in [0.15, 0.2) is 0 Å². The highest BCUT2D eigenvalue weighted by Crippen LogP contribution is 2.07. The molecule has 1 rings (SSSR count). The SMILES string of the molecule is CCOC(=O)CCn1cc(C(C)N)cn1. The molecule has 1 aromatic rings. The van der Waals surface area contributed by atoms with E-state index in [9.17, 15) is 4.79 Å². The summed E-state index contributed by atoms with van der Waals surface area (Å²) in [6.07, 6.45) is 3.91. The molecule has 5 heteroatoms. The highest BCUT2D eigenvalue weighted by Gasteiger charge is 2.05. The van der Waals surface area contributed by atoms with E-state index >= 15 is 0 Å². The molecule has 0 saturated heterocycles. The molecule has 1 atom stereocenters. The maximum Gasteiger partial charge on any atom is 0.307 e. The van der Waals surface area contributed by atoms with Gasteiger partial charge in [0.2, 0.25) is 0 Å². The van der Waals surface area contributed by atoms with Crippen molar-refractivity contribution in [3.8, 4) is 0 Å². The Bertz CT molecular complexity index is 320. The lowest BCUT2D eigenvalue weighted by Crippen LogP contribution is -2.09. The number of rotatable bonds is 5. The van der Waals surface area contributed by atoms with Crippen molar-refractivity contribution in [3.63, 3.8) is 0 Å². The van der Waals surface area contributed by atoms with E-state index in [0.717, 1.165) is 5.56 Å². The first-order valence-electron chi connectivity index (χ1n) is 5.07. The Kier molecular flexibility index (Phi) is 4.30. The zero-order chi connectivity index (χ0) is 11.3. The topological polar surface area (TPSA) is 70.1 Å². The number of aromatic nitrogens is 2. The van der Waals surface area contributed by atoms with Gasteiger partial charge in [-0.1, -0.05) is 0 Å². The van der Waals surface area contributed by atoms with E-state index in [1.165, 1.54) is 0 Å².